The molecule has 1 aromatic rings. The van der Waals surface area contributed by atoms with E-state index in [1.165, 1.54) is 0 Å². The zero-order valence-corrected chi connectivity index (χ0v) is 28.1. The third kappa shape index (κ3) is 5.37. The molecule has 1 aromatic carbocycles. The van der Waals surface area contributed by atoms with Crippen molar-refractivity contribution in [3.8, 4) is 0 Å². The van der Waals surface area contributed by atoms with E-state index in [-0.39, 0.29) is 46.9 Å². The molecule has 4 rings (SSSR count). The number of anilines is 1. The Balaban J connectivity index is 1.90. The lowest BCUT2D eigenvalue weighted by atomic mass is 9.70. The smallest absolute Gasteiger partial charge is 0.251 e. The van der Waals surface area contributed by atoms with Crippen LogP contribution in [-0.4, -0.2) is 85.8 Å². The molecule has 230 valence electrons. The van der Waals surface area contributed by atoms with Gasteiger partial charge in [0.1, 0.15) is 6.04 Å². The Morgan fingerprint density at radius 1 is 1.26 bits per heavy atom. The second-order valence-corrected chi connectivity index (χ2v) is 14.9. The van der Waals surface area contributed by atoms with E-state index < -0.39 is 28.7 Å². The van der Waals surface area contributed by atoms with E-state index in [9.17, 15) is 19.5 Å². The average Bonchev–Trinajstić information content (AvgIpc) is 3.55. The number of carbonyl (C=O) groups is 3. The number of para-hydroxylation sites is 1. The Morgan fingerprint density at radius 2 is 1.95 bits per heavy atom. The minimum absolute atomic E-state index is 0.0472. The van der Waals surface area contributed by atoms with Crippen LogP contribution in [0.25, 0.3) is 0 Å². The van der Waals surface area contributed by atoms with Crippen LogP contribution in [0.5, 0.6) is 0 Å². The molecule has 3 heterocycles. The molecule has 0 aliphatic carbocycles. The number of aryl methyl sites for hydroxylation is 1. The molecule has 0 aromatic heterocycles. The standard InChI is InChI=1S/C32H43BrClN3O4S/c1-7-14-35(15-8-2)29(39)24-25-30(40)37(23(18-38)19(5)10-4)28(32(25)17-21(33)27(24)42-32)31(41)36(16-9-3)26-20(6)12-11-13-22(26)34/h7,9,11-13,19,21,23-25,27-28,38H,1,3,8,10,14-18H2,2,4-6H3/t19-,21?,23-,24+,25-,27+,28?,32?/m0/s1. The highest BCUT2D eigenvalue weighted by Crippen LogP contribution is 2.68. The first-order chi connectivity index (χ1) is 20.0. The fourth-order valence-corrected chi connectivity index (χ4v) is 11.2. The molecule has 7 nitrogen and oxygen atoms in total. The summed E-state index contributed by atoms with van der Waals surface area (Å²) in [7, 11) is 0. The lowest BCUT2D eigenvalue weighted by Crippen LogP contribution is -2.59. The van der Waals surface area contributed by atoms with Crippen LogP contribution in [0, 0.1) is 24.7 Å². The zero-order chi connectivity index (χ0) is 30.9. The van der Waals surface area contributed by atoms with E-state index in [0.717, 1.165) is 18.4 Å². The summed E-state index contributed by atoms with van der Waals surface area (Å²) in [6.07, 6.45) is 5.44. The second-order valence-electron chi connectivity index (χ2n) is 11.8. The van der Waals surface area contributed by atoms with Crippen molar-refractivity contribution in [3.05, 3.63) is 54.1 Å². The fraction of sp³-hybridized carbons (Fsp3) is 0.594. The first-order valence-electron chi connectivity index (χ1n) is 14.9. The normalized spacial score (nSPS) is 29.3. The molecule has 42 heavy (non-hydrogen) atoms. The summed E-state index contributed by atoms with van der Waals surface area (Å²) in [5.41, 5.74) is 1.42. The number of benzene rings is 1. The zero-order valence-electron chi connectivity index (χ0n) is 25.0. The number of hydrogen-bond acceptors (Lipinski definition) is 5. The minimum atomic E-state index is -0.886. The largest absolute Gasteiger partial charge is 0.394 e. The number of halogens is 2. The molecule has 2 bridgehead atoms. The highest BCUT2D eigenvalue weighted by molar-refractivity contribution is 9.09. The summed E-state index contributed by atoms with van der Waals surface area (Å²) in [6.45, 7) is 16.6. The SMILES string of the molecule is C=CCN(CCC)C(=O)[C@H]1[C@@H]2SC3(CC2Br)C(C(=O)N(CC=C)c2c(C)cccc2Cl)N([C@@H](CO)[C@@H](C)CC)C(=O)[C@H]13. The van der Waals surface area contributed by atoms with Crippen LogP contribution in [0.2, 0.25) is 5.02 Å². The van der Waals surface area contributed by atoms with Gasteiger partial charge in [-0.15, -0.1) is 24.9 Å². The molecule has 3 aliphatic heterocycles. The van der Waals surface area contributed by atoms with Crippen LogP contribution < -0.4 is 4.90 Å². The van der Waals surface area contributed by atoms with E-state index in [1.54, 1.807) is 44.7 Å². The number of nitrogens with zero attached hydrogens (tertiary/aromatic N) is 3. The van der Waals surface area contributed by atoms with Gasteiger partial charge in [0, 0.05) is 29.7 Å². The maximum atomic E-state index is 15.0. The van der Waals surface area contributed by atoms with Gasteiger partial charge in [0.15, 0.2) is 0 Å². The van der Waals surface area contributed by atoms with Gasteiger partial charge >= 0.3 is 0 Å². The molecule has 3 saturated heterocycles. The topological polar surface area (TPSA) is 81.2 Å². The Hall–Kier alpha value is -1.81. The van der Waals surface area contributed by atoms with E-state index in [4.69, 9.17) is 11.6 Å². The summed E-state index contributed by atoms with van der Waals surface area (Å²) in [5, 5.41) is 11.0. The summed E-state index contributed by atoms with van der Waals surface area (Å²) in [5.74, 6) is -1.87. The van der Waals surface area contributed by atoms with Gasteiger partial charge in [0.25, 0.3) is 5.91 Å². The van der Waals surface area contributed by atoms with Crippen molar-refractivity contribution in [2.24, 2.45) is 17.8 Å². The van der Waals surface area contributed by atoms with E-state index >= 15 is 0 Å². The van der Waals surface area contributed by atoms with E-state index in [2.05, 4.69) is 29.1 Å². The van der Waals surface area contributed by atoms with Gasteiger partial charge in [-0.1, -0.05) is 79.0 Å². The number of amides is 3. The Morgan fingerprint density at radius 3 is 2.52 bits per heavy atom. The van der Waals surface area contributed by atoms with Crippen molar-refractivity contribution >= 4 is 62.7 Å². The molecule has 3 fully saturated rings. The lowest BCUT2D eigenvalue weighted by Gasteiger charge is -2.41. The lowest BCUT2D eigenvalue weighted by molar-refractivity contribution is -0.146. The highest BCUT2D eigenvalue weighted by atomic mass is 79.9. The number of aliphatic hydroxyl groups excluding tert-OH is 1. The molecule has 10 heteroatoms. The van der Waals surface area contributed by atoms with Crippen molar-refractivity contribution < 1.29 is 19.5 Å². The minimum Gasteiger partial charge on any atom is -0.394 e. The van der Waals surface area contributed by atoms with Gasteiger partial charge in [-0.25, -0.2) is 0 Å². The number of carbonyl (C=O) groups excluding carboxylic acids is 3. The van der Waals surface area contributed by atoms with Crippen LogP contribution in [0.4, 0.5) is 5.69 Å². The van der Waals surface area contributed by atoms with E-state index in [1.807, 2.05) is 39.8 Å². The number of likely N-dealkylation sites (tertiary alicyclic amines) is 1. The molecule has 3 unspecified atom stereocenters. The van der Waals surface area contributed by atoms with Crippen LogP contribution in [0.3, 0.4) is 0 Å². The number of thioether (sulfide) groups is 1. The number of alkyl halides is 1. The molecule has 8 atom stereocenters. The van der Waals surface area contributed by atoms with Crippen LogP contribution in [-0.2, 0) is 14.4 Å². The van der Waals surface area contributed by atoms with Crippen molar-refractivity contribution in [3.63, 3.8) is 0 Å². The molecule has 0 saturated carbocycles. The number of fused-ring (bicyclic) bond motifs is 1. The van der Waals surface area contributed by atoms with Gasteiger partial charge in [0.05, 0.1) is 39.9 Å². The van der Waals surface area contributed by atoms with Crippen molar-refractivity contribution in [2.75, 3.05) is 31.1 Å². The predicted octanol–water partition coefficient (Wildman–Crippen LogP) is 5.46. The van der Waals surface area contributed by atoms with Gasteiger partial charge < -0.3 is 19.8 Å². The Labute approximate surface area is 267 Å². The van der Waals surface area contributed by atoms with Gasteiger partial charge in [0.2, 0.25) is 11.8 Å². The van der Waals surface area contributed by atoms with Gasteiger partial charge in [-0.05, 0) is 37.3 Å². The molecule has 3 aliphatic rings. The van der Waals surface area contributed by atoms with Crippen molar-refractivity contribution in [1.29, 1.82) is 0 Å². The first-order valence-corrected chi connectivity index (χ1v) is 17.0. The van der Waals surface area contributed by atoms with Crippen LogP contribution in [0.1, 0.15) is 45.6 Å². The molecule has 1 N–H and O–H groups in total. The van der Waals surface area contributed by atoms with Gasteiger partial charge in [-0.2, -0.15) is 0 Å². The number of aliphatic hydroxyl groups is 1. The summed E-state index contributed by atoms with van der Waals surface area (Å²) in [6, 6.07) is 4.04. The quantitative estimate of drug-likeness (QED) is 0.221. The maximum absolute atomic E-state index is 15.0. The monoisotopic (exact) mass is 679 g/mol. The second kappa shape index (κ2) is 13.4. The summed E-state index contributed by atoms with van der Waals surface area (Å²) < 4.78 is -0.838. The van der Waals surface area contributed by atoms with Gasteiger partial charge in [-0.3, -0.25) is 14.4 Å². The van der Waals surface area contributed by atoms with Crippen LogP contribution >= 0.6 is 39.3 Å². The Bertz CT molecular complexity index is 1210. The van der Waals surface area contributed by atoms with Crippen molar-refractivity contribution in [1.82, 2.24) is 9.80 Å². The number of rotatable bonds is 13. The third-order valence-corrected chi connectivity index (χ3v) is 12.8. The third-order valence-electron chi connectivity index (χ3n) is 9.28. The first kappa shape index (κ1) is 33.1. The highest BCUT2D eigenvalue weighted by Gasteiger charge is 2.76. The average molecular weight is 681 g/mol. The molecular formula is C32H43BrClN3O4S. The van der Waals surface area contributed by atoms with E-state index in [0.29, 0.717) is 30.2 Å². The number of hydrogen-bond donors (Lipinski definition) is 1. The van der Waals surface area contributed by atoms with Crippen LogP contribution in [0.15, 0.2) is 43.5 Å². The summed E-state index contributed by atoms with van der Waals surface area (Å²) in [4.78, 5) is 48.9. The molecule has 0 radical (unpaired) electrons. The molecular weight excluding hydrogens is 638 g/mol. The van der Waals surface area contributed by atoms with Crippen molar-refractivity contribution in [2.45, 2.75) is 73.9 Å². The Kier molecular flexibility index (Phi) is 10.6. The molecule has 3 amide bonds. The predicted molar refractivity (Wildman–Crippen MR) is 175 cm³/mol. The fourth-order valence-electron chi connectivity index (χ4n) is 7.26. The summed E-state index contributed by atoms with van der Waals surface area (Å²) >= 11 is 12.2. The molecule has 1 spiro atoms. The maximum Gasteiger partial charge on any atom is 0.251 e.